The minimum atomic E-state index is -0.274. The van der Waals surface area contributed by atoms with Crippen molar-refractivity contribution in [2.75, 3.05) is 19.6 Å². The summed E-state index contributed by atoms with van der Waals surface area (Å²) in [5.41, 5.74) is 0. The molecule has 0 aromatic heterocycles. The fraction of sp³-hybridized carbons (Fsp3) is 0.857. The number of nitrogens with one attached hydrogen (secondary N) is 2. The Morgan fingerprint density at radius 3 is 2.89 bits per heavy atom. The summed E-state index contributed by atoms with van der Waals surface area (Å²) in [4.78, 5) is 25.4. The van der Waals surface area contributed by atoms with E-state index in [1.165, 1.54) is 6.42 Å². The summed E-state index contributed by atoms with van der Waals surface area (Å²) < 4.78 is 0. The van der Waals surface area contributed by atoms with Crippen LogP contribution in [0.1, 0.15) is 39.5 Å². The van der Waals surface area contributed by atoms with Crippen LogP contribution < -0.4 is 10.6 Å². The van der Waals surface area contributed by atoms with E-state index in [0.29, 0.717) is 24.8 Å². The van der Waals surface area contributed by atoms with Crippen molar-refractivity contribution in [2.45, 2.75) is 51.6 Å². The Bertz CT molecular complexity index is 344. The van der Waals surface area contributed by atoms with Crippen LogP contribution in [-0.2, 0) is 9.59 Å². The summed E-state index contributed by atoms with van der Waals surface area (Å²) in [5, 5.41) is 6.21. The summed E-state index contributed by atoms with van der Waals surface area (Å²) >= 11 is 0. The first-order chi connectivity index (χ1) is 9.06. The van der Waals surface area contributed by atoms with Gasteiger partial charge in [0.25, 0.3) is 0 Å². The SMILES string of the molecule is CC(C)NCC1CCCN(C(=O)[C@H]2CCC(=O)N2)C1. The number of carbonyl (C=O) groups is 2. The molecule has 0 aromatic carbocycles. The molecule has 0 aliphatic carbocycles. The third kappa shape index (κ3) is 3.93. The van der Waals surface area contributed by atoms with Gasteiger partial charge in [-0.1, -0.05) is 13.8 Å². The van der Waals surface area contributed by atoms with Gasteiger partial charge in [-0.15, -0.1) is 0 Å². The predicted octanol–water partition coefficient (Wildman–Crippen LogP) is 0.502. The van der Waals surface area contributed by atoms with Gasteiger partial charge in [0.15, 0.2) is 0 Å². The zero-order valence-electron chi connectivity index (χ0n) is 11.9. The molecule has 0 aromatic rings. The van der Waals surface area contributed by atoms with Crippen molar-refractivity contribution in [1.82, 2.24) is 15.5 Å². The Hall–Kier alpha value is -1.10. The molecule has 5 heteroatoms. The van der Waals surface area contributed by atoms with Crippen molar-refractivity contribution in [3.05, 3.63) is 0 Å². The lowest BCUT2D eigenvalue weighted by Gasteiger charge is -2.34. The van der Waals surface area contributed by atoms with Crippen molar-refractivity contribution in [2.24, 2.45) is 5.92 Å². The predicted molar refractivity (Wildman–Crippen MR) is 73.6 cm³/mol. The molecule has 0 spiro atoms. The van der Waals surface area contributed by atoms with Crippen LogP contribution in [0.5, 0.6) is 0 Å². The minimum absolute atomic E-state index is 0.00776. The van der Waals surface area contributed by atoms with E-state index in [4.69, 9.17) is 0 Å². The quantitative estimate of drug-likeness (QED) is 0.780. The Kier molecular flexibility index (Phi) is 4.80. The van der Waals surface area contributed by atoms with Crippen LogP contribution >= 0.6 is 0 Å². The lowest BCUT2D eigenvalue weighted by Crippen LogP contribution is -2.49. The van der Waals surface area contributed by atoms with E-state index in [2.05, 4.69) is 24.5 Å². The Morgan fingerprint density at radius 2 is 2.26 bits per heavy atom. The van der Waals surface area contributed by atoms with Gasteiger partial charge in [0.2, 0.25) is 11.8 Å². The summed E-state index contributed by atoms with van der Waals surface area (Å²) in [7, 11) is 0. The minimum Gasteiger partial charge on any atom is -0.344 e. The van der Waals surface area contributed by atoms with E-state index in [-0.39, 0.29) is 17.9 Å². The maximum Gasteiger partial charge on any atom is 0.245 e. The van der Waals surface area contributed by atoms with Crippen molar-refractivity contribution in [3.8, 4) is 0 Å². The van der Waals surface area contributed by atoms with Gasteiger partial charge in [-0.2, -0.15) is 0 Å². The second-order valence-corrected chi connectivity index (χ2v) is 6.01. The van der Waals surface area contributed by atoms with E-state index < -0.39 is 0 Å². The average Bonchev–Trinajstić information content (AvgIpc) is 2.82. The van der Waals surface area contributed by atoms with Gasteiger partial charge in [0.05, 0.1) is 0 Å². The van der Waals surface area contributed by atoms with Gasteiger partial charge >= 0.3 is 0 Å². The number of piperidine rings is 1. The van der Waals surface area contributed by atoms with Crippen LogP contribution in [0, 0.1) is 5.92 Å². The highest BCUT2D eigenvalue weighted by molar-refractivity contribution is 5.90. The molecule has 2 amide bonds. The van der Waals surface area contributed by atoms with Crippen LogP contribution in [0.25, 0.3) is 0 Å². The lowest BCUT2D eigenvalue weighted by atomic mass is 9.97. The molecule has 1 unspecified atom stereocenters. The standard InChI is InChI=1S/C14H25N3O2/c1-10(2)15-8-11-4-3-7-17(9-11)14(19)12-5-6-13(18)16-12/h10-12,15H,3-9H2,1-2H3,(H,16,18)/t11?,12-/m1/s1. The number of carbonyl (C=O) groups excluding carboxylic acids is 2. The van der Waals surface area contributed by atoms with Crippen LogP contribution in [0.15, 0.2) is 0 Å². The first-order valence-corrected chi connectivity index (χ1v) is 7.38. The monoisotopic (exact) mass is 267 g/mol. The number of hydrogen-bond acceptors (Lipinski definition) is 3. The molecule has 2 heterocycles. The highest BCUT2D eigenvalue weighted by Crippen LogP contribution is 2.19. The number of rotatable bonds is 4. The number of nitrogens with zero attached hydrogens (tertiary/aromatic N) is 1. The van der Waals surface area contributed by atoms with Crippen molar-refractivity contribution in [3.63, 3.8) is 0 Å². The summed E-state index contributed by atoms with van der Waals surface area (Å²) in [6, 6.07) is 0.213. The molecule has 19 heavy (non-hydrogen) atoms. The Labute approximate surface area is 115 Å². The van der Waals surface area contributed by atoms with Crippen LogP contribution in [-0.4, -0.2) is 48.4 Å². The van der Waals surface area contributed by atoms with E-state index in [1.807, 2.05) is 4.90 Å². The van der Waals surface area contributed by atoms with Gasteiger partial charge in [-0.3, -0.25) is 9.59 Å². The topological polar surface area (TPSA) is 61.4 Å². The summed E-state index contributed by atoms with van der Waals surface area (Å²) in [5.74, 6) is 0.658. The van der Waals surface area contributed by atoms with E-state index in [0.717, 1.165) is 26.1 Å². The van der Waals surface area contributed by atoms with Gasteiger partial charge in [0.1, 0.15) is 6.04 Å². The van der Waals surface area contributed by atoms with Crippen LogP contribution in [0.4, 0.5) is 0 Å². The van der Waals surface area contributed by atoms with Gasteiger partial charge in [0, 0.05) is 25.6 Å². The van der Waals surface area contributed by atoms with E-state index in [1.54, 1.807) is 0 Å². The van der Waals surface area contributed by atoms with Gasteiger partial charge in [-0.25, -0.2) is 0 Å². The molecular weight excluding hydrogens is 242 g/mol. The largest absolute Gasteiger partial charge is 0.344 e. The van der Waals surface area contributed by atoms with Crippen molar-refractivity contribution < 1.29 is 9.59 Å². The molecule has 2 aliphatic rings. The van der Waals surface area contributed by atoms with Crippen molar-refractivity contribution >= 4 is 11.8 Å². The van der Waals surface area contributed by atoms with E-state index >= 15 is 0 Å². The Balaban J connectivity index is 1.83. The maximum absolute atomic E-state index is 12.3. The first-order valence-electron chi connectivity index (χ1n) is 7.38. The fourth-order valence-corrected chi connectivity index (χ4v) is 2.85. The molecule has 0 bridgehead atoms. The molecule has 2 saturated heterocycles. The molecule has 2 N–H and O–H groups in total. The third-order valence-electron chi connectivity index (χ3n) is 3.94. The summed E-state index contributed by atoms with van der Waals surface area (Å²) in [6.07, 6.45) is 3.39. The number of hydrogen-bond donors (Lipinski definition) is 2. The molecule has 2 rings (SSSR count). The molecule has 0 radical (unpaired) electrons. The second kappa shape index (κ2) is 6.37. The molecule has 0 saturated carbocycles. The second-order valence-electron chi connectivity index (χ2n) is 6.01. The highest BCUT2D eigenvalue weighted by Gasteiger charge is 2.32. The normalized spacial score (nSPS) is 27.7. The van der Waals surface area contributed by atoms with Gasteiger partial charge in [-0.05, 0) is 31.7 Å². The number of likely N-dealkylation sites (tertiary alicyclic amines) is 1. The highest BCUT2D eigenvalue weighted by atomic mass is 16.2. The number of amides is 2. The van der Waals surface area contributed by atoms with Gasteiger partial charge < -0.3 is 15.5 Å². The first kappa shape index (κ1) is 14.3. The average molecular weight is 267 g/mol. The fourth-order valence-electron chi connectivity index (χ4n) is 2.85. The third-order valence-corrected chi connectivity index (χ3v) is 3.94. The van der Waals surface area contributed by atoms with E-state index in [9.17, 15) is 9.59 Å². The molecule has 2 atom stereocenters. The Morgan fingerprint density at radius 1 is 1.47 bits per heavy atom. The lowest BCUT2D eigenvalue weighted by molar-refractivity contribution is -0.136. The summed E-state index contributed by atoms with van der Waals surface area (Å²) in [6.45, 7) is 6.91. The zero-order chi connectivity index (χ0) is 13.8. The zero-order valence-corrected chi connectivity index (χ0v) is 11.9. The molecule has 5 nitrogen and oxygen atoms in total. The molecular formula is C14H25N3O2. The molecule has 2 fully saturated rings. The van der Waals surface area contributed by atoms with Crippen molar-refractivity contribution in [1.29, 1.82) is 0 Å². The molecule has 108 valence electrons. The molecule has 2 aliphatic heterocycles. The smallest absolute Gasteiger partial charge is 0.245 e. The maximum atomic E-state index is 12.3. The van der Waals surface area contributed by atoms with Crippen LogP contribution in [0.3, 0.4) is 0 Å². The van der Waals surface area contributed by atoms with Crippen LogP contribution in [0.2, 0.25) is 0 Å².